The molecule has 0 N–H and O–H groups in total. The zero-order valence-corrected chi connectivity index (χ0v) is 20.2. The van der Waals surface area contributed by atoms with Gasteiger partial charge in [0.15, 0.2) is 0 Å². The number of nitrogens with zero attached hydrogens (tertiary/aromatic N) is 1. The van der Waals surface area contributed by atoms with Crippen molar-refractivity contribution in [3.63, 3.8) is 0 Å². The average molecular weight is 414 g/mol. The number of hydrogen-bond donors (Lipinski definition) is 0. The molecular weight excluding hydrogens is 362 g/mol. The van der Waals surface area contributed by atoms with Crippen molar-refractivity contribution in [1.29, 1.82) is 0 Å². The van der Waals surface area contributed by atoms with Gasteiger partial charge in [-0.3, -0.25) is 4.79 Å². The van der Waals surface area contributed by atoms with E-state index in [1.165, 1.54) is 103 Å². The van der Waals surface area contributed by atoms with Crippen LogP contribution in [0.5, 0.6) is 0 Å². The molecule has 0 saturated carbocycles. The van der Waals surface area contributed by atoms with Gasteiger partial charge < -0.3 is 14.4 Å². The van der Waals surface area contributed by atoms with Gasteiger partial charge in [-0.05, 0) is 20.5 Å². The minimum Gasteiger partial charge on any atom is -0.459 e. The molecule has 174 valence electrons. The zero-order valence-electron chi connectivity index (χ0n) is 20.2. The Labute approximate surface area is 182 Å². The van der Waals surface area contributed by atoms with Crippen LogP contribution in [0.1, 0.15) is 117 Å². The summed E-state index contributed by atoms with van der Waals surface area (Å²) >= 11 is 0. The molecular formula is C25H51NO3. The summed E-state index contributed by atoms with van der Waals surface area (Å²) < 4.78 is 11.0. The van der Waals surface area contributed by atoms with Crippen LogP contribution in [0.15, 0.2) is 0 Å². The Morgan fingerprint density at radius 3 is 1.52 bits per heavy atom. The number of ether oxygens (including phenoxy) is 2. The quantitative estimate of drug-likeness (QED) is 0.145. The van der Waals surface area contributed by atoms with Gasteiger partial charge >= 0.3 is 5.97 Å². The van der Waals surface area contributed by atoms with Gasteiger partial charge in [0.25, 0.3) is 0 Å². The van der Waals surface area contributed by atoms with Crippen LogP contribution >= 0.6 is 0 Å². The van der Waals surface area contributed by atoms with Crippen LogP contribution in [0.4, 0.5) is 0 Å². The summed E-state index contributed by atoms with van der Waals surface area (Å²) in [6.45, 7) is 5.71. The normalized spacial score (nSPS) is 12.4. The molecule has 0 amide bonds. The molecule has 0 fully saturated rings. The highest BCUT2D eigenvalue weighted by Crippen LogP contribution is 2.13. The van der Waals surface area contributed by atoms with E-state index in [-0.39, 0.29) is 12.1 Å². The number of carbonyl (C=O) groups is 1. The van der Waals surface area contributed by atoms with Gasteiger partial charge in [-0.15, -0.1) is 0 Å². The van der Waals surface area contributed by atoms with Gasteiger partial charge in [0.1, 0.15) is 6.10 Å². The van der Waals surface area contributed by atoms with Gasteiger partial charge in [-0.25, -0.2) is 0 Å². The predicted molar refractivity (Wildman–Crippen MR) is 124 cm³/mol. The molecule has 0 radical (unpaired) electrons. The van der Waals surface area contributed by atoms with Gasteiger partial charge in [0.05, 0.1) is 6.61 Å². The Hall–Kier alpha value is -0.610. The predicted octanol–water partition coefficient (Wildman–Crippen LogP) is 6.76. The molecule has 0 spiro atoms. The molecule has 4 heteroatoms. The van der Waals surface area contributed by atoms with Crippen LogP contribution in [-0.4, -0.2) is 50.8 Å². The second-order valence-corrected chi connectivity index (χ2v) is 8.87. The van der Waals surface area contributed by atoms with Gasteiger partial charge in [-0.1, -0.05) is 103 Å². The first kappa shape index (κ1) is 28.4. The standard InChI is InChI=1S/C25H51NO3/c1-5-6-7-8-9-10-11-12-13-14-15-16-17-18-19-20-21-28-23-25(22-26(3)4)29-24(2)27/h25H,5-23H2,1-4H3. The molecule has 0 aliphatic carbocycles. The minimum absolute atomic E-state index is 0.163. The van der Waals surface area contributed by atoms with E-state index in [4.69, 9.17) is 9.47 Å². The number of unbranched alkanes of at least 4 members (excludes halogenated alkanes) is 15. The van der Waals surface area contributed by atoms with Crippen molar-refractivity contribution in [3.8, 4) is 0 Å². The number of hydrogen-bond acceptors (Lipinski definition) is 4. The first-order valence-corrected chi connectivity index (χ1v) is 12.5. The summed E-state index contributed by atoms with van der Waals surface area (Å²) in [5.74, 6) is -0.233. The summed E-state index contributed by atoms with van der Waals surface area (Å²) in [7, 11) is 3.96. The molecule has 0 aliphatic rings. The Balaban J connectivity index is 3.27. The SMILES string of the molecule is CCCCCCCCCCCCCCCCCCOCC(CN(C)C)OC(C)=O. The summed E-state index contributed by atoms with van der Waals surface area (Å²) in [4.78, 5) is 13.2. The number of esters is 1. The smallest absolute Gasteiger partial charge is 0.303 e. The molecule has 0 rings (SSSR count). The third-order valence-electron chi connectivity index (χ3n) is 5.35. The van der Waals surface area contributed by atoms with E-state index in [1.807, 2.05) is 19.0 Å². The van der Waals surface area contributed by atoms with Crippen molar-refractivity contribution >= 4 is 5.97 Å². The Bertz CT molecular complexity index is 347. The summed E-state index contributed by atoms with van der Waals surface area (Å²) in [6, 6.07) is 0. The Kier molecular flexibility index (Phi) is 21.6. The van der Waals surface area contributed by atoms with E-state index >= 15 is 0 Å². The maximum atomic E-state index is 11.1. The van der Waals surface area contributed by atoms with Crippen molar-refractivity contribution in [2.45, 2.75) is 123 Å². The van der Waals surface area contributed by atoms with Crippen molar-refractivity contribution in [3.05, 3.63) is 0 Å². The van der Waals surface area contributed by atoms with Crippen molar-refractivity contribution < 1.29 is 14.3 Å². The van der Waals surface area contributed by atoms with E-state index in [9.17, 15) is 4.79 Å². The molecule has 4 nitrogen and oxygen atoms in total. The average Bonchev–Trinajstić information content (AvgIpc) is 2.66. The first-order chi connectivity index (χ1) is 14.1. The van der Waals surface area contributed by atoms with Crippen molar-refractivity contribution in [2.75, 3.05) is 33.9 Å². The zero-order chi connectivity index (χ0) is 21.6. The number of likely N-dealkylation sites (N-methyl/N-ethyl adjacent to an activating group) is 1. The molecule has 1 atom stereocenters. The van der Waals surface area contributed by atoms with E-state index in [0.717, 1.165) is 13.0 Å². The van der Waals surface area contributed by atoms with Crippen LogP contribution in [-0.2, 0) is 14.3 Å². The lowest BCUT2D eigenvalue weighted by atomic mass is 10.0. The molecule has 29 heavy (non-hydrogen) atoms. The second kappa shape index (κ2) is 22.1. The molecule has 0 heterocycles. The van der Waals surface area contributed by atoms with Crippen molar-refractivity contribution in [2.24, 2.45) is 0 Å². The number of rotatable bonds is 22. The van der Waals surface area contributed by atoms with Crippen LogP contribution < -0.4 is 0 Å². The highest BCUT2D eigenvalue weighted by atomic mass is 16.6. The lowest BCUT2D eigenvalue weighted by molar-refractivity contribution is -0.150. The van der Waals surface area contributed by atoms with E-state index in [0.29, 0.717) is 13.2 Å². The summed E-state index contributed by atoms with van der Waals surface area (Å²) in [5, 5.41) is 0. The highest BCUT2D eigenvalue weighted by Gasteiger charge is 2.13. The molecule has 0 aliphatic heterocycles. The first-order valence-electron chi connectivity index (χ1n) is 12.5. The van der Waals surface area contributed by atoms with Crippen LogP contribution in [0.3, 0.4) is 0 Å². The third-order valence-corrected chi connectivity index (χ3v) is 5.35. The molecule has 0 bridgehead atoms. The number of carbonyl (C=O) groups excluding carboxylic acids is 1. The lowest BCUT2D eigenvalue weighted by Crippen LogP contribution is -2.33. The fraction of sp³-hybridized carbons (Fsp3) is 0.960. The Morgan fingerprint density at radius 2 is 1.14 bits per heavy atom. The molecule has 0 aromatic rings. The molecule has 0 saturated heterocycles. The second-order valence-electron chi connectivity index (χ2n) is 8.87. The van der Waals surface area contributed by atoms with Crippen LogP contribution in [0.2, 0.25) is 0 Å². The Morgan fingerprint density at radius 1 is 0.724 bits per heavy atom. The molecule has 0 aromatic heterocycles. The summed E-state index contributed by atoms with van der Waals surface area (Å²) in [6.07, 6.45) is 21.9. The van der Waals surface area contributed by atoms with E-state index in [2.05, 4.69) is 6.92 Å². The van der Waals surface area contributed by atoms with Gasteiger partial charge in [-0.2, -0.15) is 0 Å². The summed E-state index contributed by atoms with van der Waals surface area (Å²) in [5.41, 5.74) is 0. The molecule has 0 aromatic carbocycles. The van der Waals surface area contributed by atoms with Gasteiger partial charge in [0, 0.05) is 20.1 Å². The maximum absolute atomic E-state index is 11.1. The van der Waals surface area contributed by atoms with E-state index in [1.54, 1.807) is 0 Å². The topological polar surface area (TPSA) is 38.8 Å². The fourth-order valence-corrected chi connectivity index (χ4v) is 3.73. The van der Waals surface area contributed by atoms with Gasteiger partial charge in [0.2, 0.25) is 0 Å². The fourth-order valence-electron chi connectivity index (χ4n) is 3.73. The third kappa shape index (κ3) is 23.5. The minimum atomic E-state index is -0.233. The monoisotopic (exact) mass is 413 g/mol. The van der Waals surface area contributed by atoms with Crippen LogP contribution in [0, 0.1) is 0 Å². The lowest BCUT2D eigenvalue weighted by Gasteiger charge is -2.20. The van der Waals surface area contributed by atoms with E-state index < -0.39 is 0 Å². The largest absolute Gasteiger partial charge is 0.459 e. The molecule has 1 unspecified atom stereocenters. The van der Waals surface area contributed by atoms with Crippen LogP contribution in [0.25, 0.3) is 0 Å². The highest BCUT2D eigenvalue weighted by molar-refractivity contribution is 5.66. The van der Waals surface area contributed by atoms with Crippen molar-refractivity contribution in [1.82, 2.24) is 4.90 Å². The maximum Gasteiger partial charge on any atom is 0.303 e.